The quantitative estimate of drug-likeness (QED) is 0.720. The Bertz CT molecular complexity index is 536. The van der Waals surface area contributed by atoms with Gasteiger partial charge in [-0.25, -0.2) is 0 Å². The van der Waals surface area contributed by atoms with Crippen LogP contribution in [0.2, 0.25) is 0 Å². The van der Waals surface area contributed by atoms with Crippen LogP contribution < -0.4 is 0 Å². The van der Waals surface area contributed by atoms with E-state index in [9.17, 15) is 4.79 Å². The third-order valence-corrected chi connectivity index (χ3v) is 4.72. The molecule has 1 aromatic carbocycles. The van der Waals surface area contributed by atoms with Crippen LogP contribution in [0.3, 0.4) is 0 Å². The lowest BCUT2D eigenvalue weighted by atomic mass is 9.89. The molecular weight excluding hydrogens is 260 g/mol. The molecule has 2 nitrogen and oxygen atoms in total. The molecule has 1 aliphatic heterocycles. The highest BCUT2D eigenvalue weighted by atomic mass is 16.5. The van der Waals surface area contributed by atoms with Crippen molar-refractivity contribution < 1.29 is 9.53 Å². The molecule has 2 aliphatic rings. The molecule has 2 heteroatoms. The van der Waals surface area contributed by atoms with Crippen LogP contribution in [0, 0.1) is 0 Å². The minimum Gasteiger partial charge on any atom is -0.483 e. The highest BCUT2D eigenvalue weighted by Gasteiger charge is 2.50. The fraction of sp³-hybridized carbons (Fsp3) is 0.526. The van der Waals surface area contributed by atoms with Crippen molar-refractivity contribution in [3.8, 4) is 0 Å². The molecule has 0 atom stereocenters. The molecule has 0 N–H and O–H groups in total. The van der Waals surface area contributed by atoms with Gasteiger partial charge in [-0.2, -0.15) is 0 Å². The largest absolute Gasteiger partial charge is 0.483 e. The van der Waals surface area contributed by atoms with Gasteiger partial charge in [0, 0.05) is 6.42 Å². The van der Waals surface area contributed by atoms with Gasteiger partial charge < -0.3 is 4.74 Å². The third-order valence-electron chi connectivity index (χ3n) is 4.72. The minimum absolute atomic E-state index is 0.234. The molecule has 0 amide bonds. The second-order valence-electron chi connectivity index (χ2n) is 6.25. The van der Waals surface area contributed by atoms with Crippen LogP contribution in [0.25, 0.3) is 5.57 Å². The van der Waals surface area contributed by atoms with Gasteiger partial charge in [0.05, 0.1) is 5.57 Å². The van der Waals surface area contributed by atoms with E-state index in [1.165, 1.54) is 12.8 Å². The van der Waals surface area contributed by atoms with Gasteiger partial charge in [-0.05, 0) is 37.7 Å². The number of Topliss-reactive ketones (excluding diaryl/α,β-unsaturated/α-hetero) is 1. The summed E-state index contributed by atoms with van der Waals surface area (Å²) in [7, 11) is 0. The number of hydrogen-bond acceptors (Lipinski definition) is 2. The lowest BCUT2D eigenvalue weighted by Crippen LogP contribution is -2.33. The zero-order valence-corrected chi connectivity index (χ0v) is 12.9. The van der Waals surface area contributed by atoms with E-state index >= 15 is 0 Å². The number of hydrogen-bond donors (Lipinski definition) is 0. The van der Waals surface area contributed by atoms with E-state index in [0.717, 1.165) is 55.4 Å². The smallest absolute Gasteiger partial charge is 0.210 e. The molecular formula is C19H24O2. The van der Waals surface area contributed by atoms with Gasteiger partial charge in [0.25, 0.3) is 0 Å². The Morgan fingerprint density at radius 1 is 1.10 bits per heavy atom. The van der Waals surface area contributed by atoms with Gasteiger partial charge in [-0.1, -0.05) is 50.1 Å². The fourth-order valence-electron chi connectivity index (χ4n) is 3.57. The molecule has 112 valence electrons. The first-order valence-corrected chi connectivity index (χ1v) is 8.29. The number of rotatable bonds is 5. The molecule has 1 heterocycles. The third kappa shape index (κ3) is 2.64. The molecule has 1 aliphatic carbocycles. The van der Waals surface area contributed by atoms with Crippen molar-refractivity contribution in [3.05, 3.63) is 41.7 Å². The summed E-state index contributed by atoms with van der Waals surface area (Å²) in [5.74, 6) is 1.18. The number of ether oxygens (including phenoxy) is 1. The van der Waals surface area contributed by atoms with Crippen molar-refractivity contribution in [2.24, 2.45) is 0 Å². The summed E-state index contributed by atoms with van der Waals surface area (Å²) in [6.07, 6.45) is 8.37. The number of benzene rings is 1. The summed E-state index contributed by atoms with van der Waals surface area (Å²) >= 11 is 0. The molecule has 0 aromatic heterocycles. The van der Waals surface area contributed by atoms with Crippen LogP contribution in [0.5, 0.6) is 0 Å². The SMILES string of the molecule is CCCCCC1=C(c2ccccc2)C(=O)C2(CCCC2)O1. The number of carbonyl (C=O) groups is 1. The van der Waals surface area contributed by atoms with E-state index in [4.69, 9.17) is 4.74 Å². The Morgan fingerprint density at radius 2 is 1.81 bits per heavy atom. The van der Waals surface area contributed by atoms with E-state index < -0.39 is 5.60 Å². The number of allylic oxidation sites excluding steroid dienone is 1. The maximum absolute atomic E-state index is 13.0. The van der Waals surface area contributed by atoms with E-state index in [1.54, 1.807) is 0 Å². The van der Waals surface area contributed by atoms with Crippen LogP contribution in [-0.2, 0) is 9.53 Å². The van der Waals surface area contributed by atoms with Gasteiger partial charge in [0.15, 0.2) is 5.60 Å². The summed E-state index contributed by atoms with van der Waals surface area (Å²) in [5, 5.41) is 0. The summed E-state index contributed by atoms with van der Waals surface area (Å²) in [6, 6.07) is 10.1. The van der Waals surface area contributed by atoms with Crippen molar-refractivity contribution in [2.45, 2.75) is 63.9 Å². The Balaban J connectivity index is 1.91. The molecule has 3 rings (SSSR count). The molecule has 1 saturated carbocycles. The Morgan fingerprint density at radius 3 is 2.48 bits per heavy atom. The normalized spacial score (nSPS) is 20.3. The standard InChI is InChI=1S/C19H24O2/c1-2-3-5-12-16-17(15-10-6-4-7-11-15)18(20)19(21-16)13-8-9-14-19/h4,6-7,10-11H,2-3,5,8-9,12-14H2,1H3. The van der Waals surface area contributed by atoms with E-state index in [2.05, 4.69) is 6.92 Å². The van der Waals surface area contributed by atoms with E-state index in [0.29, 0.717) is 0 Å². The molecule has 1 spiro atoms. The van der Waals surface area contributed by atoms with Crippen molar-refractivity contribution in [2.75, 3.05) is 0 Å². The minimum atomic E-state index is -0.521. The van der Waals surface area contributed by atoms with Gasteiger partial charge >= 0.3 is 0 Å². The maximum atomic E-state index is 13.0. The van der Waals surface area contributed by atoms with E-state index in [-0.39, 0.29) is 5.78 Å². The first-order valence-electron chi connectivity index (χ1n) is 8.29. The Labute approximate surface area is 127 Å². The maximum Gasteiger partial charge on any atom is 0.210 e. The Hall–Kier alpha value is -1.57. The first kappa shape index (κ1) is 14.4. The molecule has 0 radical (unpaired) electrons. The van der Waals surface area contributed by atoms with Crippen LogP contribution in [0.1, 0.15) is 63.9 Å². The zero-order chi connectivity index (χ0) is 14.7. The lowest BCUT2D eigenvalue weighted by molar-refractivity contribution is -0.129. The predicted octanol–water partition coefficient (Wildman–Crippen LogP) is 4.89. The molecule has 0 saturated heterocycles. The first-order chi connectivity index (χ1) is 10.3. The molecule has 0 unspecified atom stereocenters. The molecule has 21 heavy (non-hydrogen) atoms. The summed E-state index contributed by atoms with van der Waals surface area (Å²) in [4.78, 5) is 13.0. The average molecular weight is 284 g/mol. The predicted molar refractivity (Wildman–Crippen MR) is 84.8 cm³/mol. The van der Waals surface area contributed by atoms with Crippen molar-refractivity contribution >= 4 is 11.4 Å². The van der Waals surface area contributed by atoms with Gasteiger partial charge in [0.2, 0.25) is 5.78 Å². The van der Waals surface area contributed by atoms with Gasteiger partial charge in [-0.15, -0.1) is 0 Å². The summed E-state index contributed by atoms with van der Waals surface area (Å²) < 4.78 is 6.27. The number of ketones is 1. The Kier molecular flexibility index (Phi) is 4.14. The monoisotopic (exact) mass is 284 g/mol. The molecule has 0 bridgehead atoms. The highest BCUT2D eigenvalue weighted by Crippen LogP contribution is 2.46. The fourth-order valence-corrected chi connectivity index (χ4v) is 3.57. The van der Waals surface area contributed by atoms with Crippen molar-refractivity contribution in [3.63, 3.8) is 0 Å². The van der Waals surface area contributed by atoms with Gasteiger partial charge in [-0.3, -0.25) is 4.79 Å². The van der Waals surface area contributed by atoms with Crippen LogP contribution in [-0.4, -0.2) is 11.4 Å². The van der Waals surface area contributed by atoms with Crippen LogP contribution in [0.15, 0.2) is 36.1 Å². The summed E-state index contributed by atoms with van der Waals surface area (Å²) in [5.41, 5.74) is 1.36. The average Bonchev–Trinajstić information content (AvgIpc) is 3.08. The van der Waals surface area contributed by atoms with Crippen molar-refractivity contribution in [1.82, 2.24) is 0 Å². The van der Waals surface area contributed by atoms with E-state index in [1.807, 2.05) is 30.3 Å². The molecule has 1 fully saturated rings. The number of carbonyl (C=O) groups excluding carboxylic acids is 1. The topological polar surface area (TPSA) is 26.3 Å². The lowest BCUT2D eigenvalue weighted by Gasteiger charge is -2.22. The second kappa shape index (κ2) is 6.05. The van der Waals surface area contributed by atoms with Crippen LogP contribution >= 0.6 is 0 Å². The zero-order valence-electron chi connectivity index (χ0n) is 12.9. The van der Waals surface area contributed by atoms with Crippen LogP contribution in [0.4, 0.5) is 0 Å². The van der Waals surface area contributed by atoms with Crippen molar-refractivity contribution in [1.29, 1.82) is 0 Å². The second-order valence-corrected chi connectivity index (χ2v) is 6.25. The summed E-state index contributed by atoms with van der Waals surface area (Å²) in [6.45, 7) is 2.20. The highest BCUT2D eigenvalue weighted by molar-refractivity contribution is 6.27. The number of unbranched alkanes of at least 4 members (excludes halogenated alkanes) is 2. The molecule has 1 aromatic rings. The van der Waals surface area contributed by atoms with Gasteiger partial charge in [0.1, 0.15) is 5.76 Å².